The van der Waals surface area contributed by atoms with Crippen LogP contribution in [0.1, 0.15) is 36.4 Å². The highest BCUT2D eigenvalue weighted by atomic mass is 79.9. The minimum atomic E-state index is 0.185. The highest BCUT2D eigenvalue weighted by Crippen LogP contribution is 2.23. The highest BCUT2D eigenvalue weighted by Gasteiger charge is 2.20. The Hall–Kier alpha value is -0.230. The number of carbonyl (C=O) groups excluding carboxylic acids is 1. The zero-order valence-corrected chi connectivity index (χ0v) is 14.2. The summed E-state index contributed by atoms with van der Waals surface area (Å²) >= 11 is 4.92. The molecule has 0 atom stereocenters. The van der Waals surface area contributed by atoms with Crippen molar-refractivity contribution < 1.29 is 9.53 Å². The molecule has 0 unspecified atom stereocenters. The van der Waals surface area contributed by atoms with Gasteiger partial charge in [0.1, 0.15) is 0 Å². The SMILES string of the molecule is CCC(CC)N(CCOC)CC(=O)c1sccc1Br. The van der Waals surface area contributed by atoms with Gasteiger partial charge in [-0.15, -0.1) is 11.3 Å². The van der Waals surface area contributed by atoms with Gasteiger partial charge in [0.05, 0.1) is 18.0 Å². The Labute approximate surface area is 128 Å². The lowest BCUT2D eigenvalue weighted by Gasteiger charge is -2.29. The van der Waals surface area contributed by atoms with Crippen molar-refractivity contribution >= 4 is 33.0 Å². The summed E-state index contributed by atoms with van der Waals surface area (Å²) in [6.45, 7) is 6.26. The second-order valence-electron chi connectivity index (χ2n) is 4.45. The van der Waals surface area contributed by atoms with Crippen molar-refractivity contribution in [1.82, 2.24) is 4.90 Å². The lowest BCUT2D eigenvalue weighted by atomic mass is 10.1. The van der Waals surface area contributed by atoms with Crippen LogP contribution in [0, 0.1) is 0 Å². The van der Waals surface area contributed by atoms with Crippen LogP contribution in [0.4, 0.5) is 0 Å². The number of ketones is 1. The number of methoxy groups -OCH3 is 1. The predicted octanol–water partition coefficient (Wildman–Crippen LogP) is 3.83. The van der Waals surface area contributed by atoms with Crippen LogP contribution < -0.4 is 0 Å². The van der Waals surface area contributed by atoms with Gasteiger partial charge in [0.2, 0.25) is 0 Å². The standard InChI is InChI=1S/C14H22BrNO2S/c1-4-11(5-2)16(7-8-18-3)10-13(17)14-12(15)6-9-19-14/h6,9,11H,4-5,7-8,10H2,1-3H3. The van der Waals surface area contributed by atoms with Crippen molar-refractivity contribution in [3.05, 3.63) is 20.8 Å². The fraction of sp³-hybridized carbons (Fsp3) is 0.643. The number of Topliss-reactive ketones (excluding diaryl/α,β-unsaturated/α-hetero) is 1. The summed E-state index contributed by atoms with van der Waals surface area (Å²) in [4.78, 5) is 15.4. The molecule has 108 valence electrons. The molecule has 1 aromatic rings. The van der Waals surface area contributed by atoms with Crippen molar-refractivity contribution in [3.63, 3.8) is 0 Å². The third-order valence-electron chi connectivity index (χ3n) is 3.26. The van der Waals surface area contributed by atoms with Crippen LogP contribution in [-0.2, 0) is 4.74 Å². The average molecular weight is 348 g/mol. The van der Waals surface area contributed by atoms with Crippen LogP contribution in [0.15, 0.2) is 15.9 Å². The Morgan fingerprint density at radius 3 is 2.63 bits per heavy atom. The van der Waals surface area contributed by atoms with Gasteiger partial charge in [0.15, 0.2) is 5.78 Å². The Kier molecular flexibility index (Phi) is 7.83. The van der Waals surface area contributed by atoms with E-state index in [0.29, 0.717) is 19.2 Å². The fourth-order valence-corrected chi connectivity index (χ4v) is 3.68. The zero-order chi connectivity index (χ0) is 14.3. The van der Waals surface area contributed by atoms with Gasteiger partial charge in [0, 0.05) is 24.2 Å². The van der Waals surface area contributed by atoms with Gasteiger partial charge in [-0.05, 0) is 40.2 Å². The van der Waals surface area contributed by atoms with Gasteiger partial charge in [-0.3, -0.25) is 9.69 Å². The lowest BCUT2D eigenvalue weighted by molar-refractivity contribution is 0.0814. The molecule has 0 bridgehead atoms. The first-order chi connectivity index (χ1) is 9.13. The minimum absolute atomic E-state index is 0.185. The Morgan fingerprint density at radius 2 is 2.16 bits per heavy atom. The molecule has 0 aliphatic carbocycles. The van der Waals surface area contributed by atoms with Crippen LogP contribution in [-0.4, -0.2) is 43.5 Å². The van der Waals surface area contributed by atoms with Gasteiger partial charge in [-0.2, -0.15) is 0 Å². The van der Waals surface area contributed by atoms with E-state index in [0.717, 1.165) is 28.7 Å². The van der Waals surface area contributed by atoms with E-state index >= 15 is 0 Å². The Balaban J connectivity index is 2.71. The molecular formula is C14H22BrNO2S. The molecule has 5 heteroatoms. The molecule has 0 aromatic carbocycles. The second-order valence-corrected chi connectivity index (χ2v) is 6.22. The summed E-state index contributed by atoms with van der Waals surface area (Å²) in [5.74, 6) is 0.185. The van der Waals surface area contributed by atoms with Crippen molar-refractivity contribution in [2.75, 3.05) is 26.8 Å². The van der Waals surface area contributed by atoms with E-state index in [1.54, 1.807) is 7.11 Å². The topological polar surface area (TPSA) is 29.5 Å². The van der Waals surface area contributed by atoms with Crippen LogP contribution in [0.2, 0.25) is 0 Å². The van der Waals surface area contributed by atoms with Crippen LogP contribution in [0.3, 0.4) is 0 Å². The van der Waals surface area contributed by atoms with Gasteiger partial charge in [-0.1, -0.05) is 13.8 Å². The Bertz CT molecular complexity index is 391. The maximum Gasteiger partial charge on any atom is 0.187 e. The van der Waals surface area contributed by atoms with E-state index in [1.807, 2.05) is 11.4 Å². The van der Waals surface area contributed by atoms with Gasteiger partial charge < -0.3 is 4.74 Å². The molecule has 0 aliphatic rings. The quantitative estimate of drug-likeness (QED) is 0.635. The van der Waals surface area contributed by atoms with E-state index in [-0.39, 0.29) is 5.78 Å². The summed E-state index contributed by atoms with van der Waals surface area (Å²) < 4.78 is 6.05. The Morgan fingerprint density at radius 1 is 1.47 bits per heavy atom. The number of halogens is 1. The molecule has 0 fully saturated rings. The number of thiophene rings is 1. The van der Waals surface area contributed by atoms with Crippen molar-refractivity contribution in [2.24, 2.45) is 0 Å². The fourth-order valence-electron chi connectivity index (χ4n) is 2.15. The van der Waals surface area contributed by atoms with E-state index in [1.165, 1.54) is 11.3 Å². The first-order valence-corrected chi connectivity index (χ1v) is 8.30. The van der Waals surface area contributed by atoms with Gasteiger partial charge in [0.25, 0.3) is 0 Å². The zero-order valence-electron chi connectivity index (χ0n) is 11.8. The number of hydrogen-bond acceptors (Lipinski definition) is 4. The smallest absolute Gasteiger partial charge is 0.187 e. The number of hydrogen-bond donors (Lipinski definition) is 0. The van der Waals surface area contributed by atoms with Crippen LogP contribution >= 0.6 is 27.3 Å². The summed E-state index contributed by atoms with van der Waals surface area (Å²) in [6, 6.07) is 2.37. The number of nitrogens with zero attached hydrogens (tertiary/aromatic N) is 1. The molecule has 0 N–H and O–H groups in total. The van der Waals surface area contributed by atoms with E-state index in [4.69, 9.17) is 4.74 Å². The molecule has 0 aliphatic heterocycles. The maximum atomic E-state index is 12.3. The number of carbonyl (C=O) groups is 1. The largest absolute Gasteiger partial charge is 0.383 e. The van der Waals surface area contributed by atoms with Crippen LogP contribution in [0.5, 0.6) is 0 Å². The molecule has 0 saturated carbocycles. The monoisotopic (exact) mass is 347 g/mol. The third kappa shape index (κ3) is 4.99. The van der Waals surface area contributed by atoms with Crippen molar-refractivity contribution in [1.29, 1.82) is 0 Å². The van der Waals surface area contributed by atoms with Gasteiger partial charge in [-0.25, -0.2) is 0 Å². The van der Waals surface area contributed by atoms with E-state index in [2.05, 4.69) is 34.7 Å². The molecule has 1 heterocycles. The molecule has 1 rings (SSSR count). The molecule has 1 aromatic heterocycles. The first-order valence-electron chi connectivity index (χ1n) is 6.63. The van der Waals surface area contributed by atoms with E-state index in [9.17, 15) is 4.79 Å². The first kappa shape index (κ1) is 16.8. The summed E-state index contributed by atoms with van der Waals surface area (Å²) in [7, 11) is 1.70. The average Bonchev–Trinajstić information content (AvgIpc) is 2.83. The number of rotatable bonds is 9. The molecule has 0 radical (unpaired) electrons. The maximum absolute atomic E-state index is 12.3. The minimum Gasteiger partial charge on any atom is -0.383 e. The molecule has 0 spiro atoms. The van der Waals surface area contributed by atoms with Crippen LogP contribution in [0.25, 0.3) is 0 Å². The number of ether oxygens (including phenoxy) is 1. The van der Waals surface area contributed by atoms with Crippen molar-refractivity contribution in [3.8, 4) is 0 Å². The highest BCUT2D eigenvalue weighted by molar-refractivity contribution is 9.10. The predicted molar refractivity (Wildman–Crippen MR) is 84.2 cm³/mol. The summed E-state index contributed by atoms with van der Waals surface area (Å²) in [5, 5.41) is 1.94. The molecule has 19 heavy (non-hydrogen) atoms. The third-order valence-corrected chi connectivity index (χ3v) is 5.14. The molecule has 0 saturated heterocycles. The molecular weight excluding hydrogens is 326 g/mol. The second kappa shape index (κ2) is 8.84. The van der Waals surface area contributed by atoms with Gasteiger partial charge >= 0.3 is 0 Å². The normalized spacial score (nSPS) is 11.5. The molecule has 3 nitrogen and oxygen atoms in total. The van der Waals surface area contributed by atoms with E-state index < -0.39 is 0 Å². The summed E-state index contributed by atoms with van der Waals surface area (Å²) in [6.07, 6.45) is 2.11. The lowest BCUT2D eigenvalue weighted by Crippen LogP contribution is -2.40. The molecule has 0 amide bonds. The summed E-state index contributed by atoms with van der Waals surface area (Å²) in [5.41, 5.74) is 0. The van der Waals surface area contributed by atoms with Crippen molar-refractivity contribution in [2.45, 2.75) is 32.7 Å².